The van der Waals surface area contributed by atoms with E-state index in [4.69, 9.17) is 0 Å². The second-order valence-corrected chi connectivity index (χ2v) is 10.0. The number of hydrogen-bond donors (Lipinski definition) is 0. The summed E-state index contributed by atoms with van der Waals surface area (Å²) in [5.74, 6) is -5.64. The molecule has 0 N–H and O–H groups in total. The molecule has 0 saturated heterocycles. The second-order valence-electron chi connectivity index (χ2n) is 7.79. The minimum atomic E-state index is -5.90. The molecule has 3 aromatic heterocycles. The van der Waals surface area contributed by atoms with Crippen LogP contribution in [-0.4, -0.2) is 39.7 Å². The van der Waals surface area contributed by atoms with Gasteiger partial charge in [0.1, 0.15) is 29.1 Å². The van der Waals surface area contributed by atoms with Gasteiger partial charge >= 0.3 is 18.3 Å². The third-order valence-corrected chi connectivity index (χ3v) is 7.12. The summed E-state index contributed by atoms with van der Waals surface area (Å²) in [5, 5.41) is 0. The topological polar surface area (TPSA) is 77.2 Å². The Labute approximate surface area is 203 Å². The van der Waals surface area contributed by atoms with Crippen LogP contribution in [0.25, 0.3) is 28.2 Å². The molecule has 37 heavy (non-hydrogen) atoms. The number of alkyl halides is 8. The first kappa shape index (κ1) is 26.4. The molecule has 4 aromatic rings. The Hall–Kier alpha value is -3.62. The SMILES string of the molecule is CCS(=O)(=O)c1cc(-c2ccc(C(F)(F)F)cc2)cnc1-c1cn2cnc(C(F)(F)C(F)(F)F)cc2n1. The van der Waals surface area contributed by atoms with E-state index in [2.05, 4.69) is 15.0 Å². The lowest BCUT2D eigenvalue weighted by molar-refractivity contribution is -0.290. The van der Waals surface area contributed by atoms with Gasteiger partial charge in [0, 0.05) is 24.0 Å². The molecule has 0 spiro atoms. The molecule has 0 saturated carbocycles. The Morgan fingerprint density at radius 2 is 1.54 bits per heavy atom. The van der Waals surface area contributed by atoms with Crippen molar-refractivity contribution in [1.82, 2.24) is 19.4 Å². The van der Waals surface area contributed by atoms with Crippen molar-refractivity contribution in [2.75, 3.05) is 5.75 Å². The fourth-order valence-electron chi connectivity index (χ4n) is 3.36. The number of aromatic nitrogens is 4. The normalized spacial score (nSPS) is 13.3. The van der Waals surface area contributed by atoms with Gasteiger partial charge in [-0.2, -0.15) is 35.1 Å². The van der Waals surface area contributed by atoms with Gasteiger partial charge in [0.15, 0.2) is 9.84 Å². The Balaban J connectivity index is 1.83. The van der Waals surface area contributed by atoms with Gasteiger partial charge < -0.3 is 0 Å². The van der Waals surface area contributed by atoms with Crippen molar-refractivity contribution in [1.29, 1.82) is 0 Å². The van der Waals surface area contributed by atoms with E-state index in [0.717, 1.165) is 34.9 Å². The van der Waals surface area contributed by atoms with Crippen LogP contribution in [0.1, 0.15) is 18.2 Å². The summed E-state index contributed by atoms with van der Waals surface area (Å²) in [7, 11) is -4.00. The lowest BCUT2D eigenvalue weighted by atomic mass is 10.0. The van der Waals surface area contributed by atoms with Crippen molar-refractivity contribution in [2.24, 2.45) is 0 Å². The van der Waals surface area contributed by atoms with E-state index >= 15 is 0 Å². The Morgan fingerprint density at radius 3 is 2.11 bits per heavy atom. The molecule has 6 nitrogen and oxygen atoms in total. The minimum absolute atomic E-state index is 0.166. The number of sulfone groups is 1. The number of halogens is 8. The highest BCUT2D eigenvalue weighted by Crippen LogP contribution is 2.43. The van der Waals surface area contributed by atoms with Gasteiger partial charge in [-0.1, -0.05) is 19.1 Å². The van der Waals surface area contributed by atoms with Crippen molar-refractivity contribution >= 4 is 15.5 Å². The summed E-state index contributed by atoms with van der Waals surface area (Å²) in [6, 6.07) is 5.51. The van der Waals surface area contributed by atoms with E-state index in [0.29, 0.717) is 12.4 Å². The molecule has 1 aromatic carbocycles. The molecule has 0 bridgehead atoms. The zero-order valence-electron chi connectivity index (χ0n) is 18.4. The summed E-state index contributed by atoms with van der Waals surface area (Å²) in [5.41, 5.74) is -2.88. The summed E-state index contributed by atoms with van der Waals surface area (Å²) in [6.07, 6.45) is -7.47. The van der Waals surface area contributed by atoms with Crippen LogP contribution in [-0.2, 0) is 21.9 Å². The average molecular weight is 550 g/mol. The quantitative estimate of drug-likeness (QED) is 0.288. The molecule has 0 radical (unpaired) electrons. The van der Waals surface area contributed by atoms with E-state index < -0.39 is 45.1 Å². The molecule has 15 heteroatoms. The summed E-state index contributed by atoms with van der Waals surface area (Å²) in [4.78, 5) is 10.8. The number of hydrogen-bond acceptors (Lipinski definition) is 5. The van der Waals surface area contributed by atoms with E-state index in [9.17, 15) is 43.5 Å². The number of imidazole rings is 1. The monoisotopic (exact) mass is 550 g/mol. The van der Waals surface area contributed by atoms with Crippen LogP contribution in [0.5, 0.6) is 0 Å². The molecule has 0 atom stereocenters. The van der Waals surface area contributed by atoms with Crippen molar-refractivity contribution < 1.29 is 43.5 Å². The number of rotatable bonds is 5. The fourth-order valence-corrected chi connectivity index (χ4v) is 4.43. The van der Waals surface area contributed by atoms with E-state index in [1.54, 1.807) is 0 Å². The van der Waals surface area contributed by atoms with Gasteiger partial charge in [-0.05, 0) is 23.8 Å². The summed E-state index contributed by atoms with van der Waals surface area (Å²) >= 11 is 0. The van der Waals surface area contributed by atoms with Gasteiger partial charge in [0.2, 0.25) is 0 Å². The average Bonchev–Trinajstić information content (AvgIpc) is 3.26. The zero-order chi connectivity index (χ0) is 27.4. The lowest BCUT2D eigenvalue weighted by Gasteiger charge is -2.18. The standard InChI is InChI=1S/C22H14F8N4O2S/c1-2-37(35,36)16-7-13(12-3-5-14(6-4-12)21(25,26)27)9-31-19(16)15-10-34-11-32-17(8-18(34)33-15)20(23,24)22(28,29)30/h3-11H,2H2,1H3. The molecule has 0 amide bonds. The molecular weight excluding hydrogens is 536 g/mol. The first-order chi connectivity index (χ1) is 17.0. The fraction of sp³-hybridized carbons (Fsp3) is 0.227. The molecule has 196 valence electrons. The van der Waals surface area contributed by atoms with Crippen molar-refractivity contribution in [3.63, 3.8) is 0 Å². The Bertz CT molecular complexity index is 1580. The van der Waals surface area contributed by atoms with Crippen LogP contribution < -0.4 is 0 Å². The molecule has 4 rings (SSSR count). The minimum Gasteiger partial charge on any atom is -0.290 e. The predicted octanol–water partition coefficient (Wildman–Crippen LogP) is 5.92. The highest BCUT2D eigenvalue weighted by atomic mass is 32.2. The van der Waals surface area contributed by atoms with E-state index in [-0.39, 0.29) is 33.1 Å². The molecule has 0 fully saturated rings. The third kappa shape index (κ3) is 4.86. The molecule has 0 aliphatic carbocycles. The van der Waals surface area contributed by atoms with Gasteiger partial charge in [0.05, 0.1) is 16.2 Å². The van der Waals surface area contributed by atoms with Crippen LogP contribution in [0.15, 0.2) is 60.0 Å². The number of pyridine rings is 1. The Morgan fingerprint density at radius 1 is 0.892 bits per heavy atom. The van der Waals surface area contributed by atoms with E-state index in [1.165, 1.54) is 19.2 Å². The first-order valence-electron chi connectivity index (χ1n) is 10.2. The maximum absolute atomic E-state index is 13.7. The van der Waals surface area contributed by atoms with Crippen LogP contribution in [0.3, 0.4) is 0 Å². The van der Waals surface area contributed by atoms with Gasteiger partial charge in [-0.25, -0.2) is 18.4 Å². The molecular formula is C22H14F8N4O2S. The van der Waals surface area contributed by atoms with Crippen LogP contribution in [0.2, 0.25) is 0 Å². The molecule has 0 unspecified atom stereocenters. The third-order valence-electron chi connectivity index (χ3n) is 5.38. The molecule has 0 aliphatic heterocycles. The maximum Gasteiger partial charge on any atom is 0.459 e. The van der Waals surface area contributed by atoms with Crippen LogP contribution >= 0.6 is 0 Å². The van der Waals surface area contributed by atoms with Crippen molar-refractivity contribution in [3.05, 3.63) is 66.4 Å². The van der Waals surface area contributed by atoms with Gasteiger partial charge in [-0.3, -0.25) is 9.38 Å². The predicted molar refractivity (Wildman–Crippen MR) is 114 cm³/mol. The lowest BCUT2D eigenvalue weighted by Crippen LogP contribution is -2.34. The summed E-state index contributed by atoms with van der Waals surface area (Å²) < 4.78 is 131. The first-order valence-corrected chi connectivity index (χ1v) is 11.9. The van der Waals surface area contributed by atoms with E-state index in [1.807, 2.05) is 0 Å². The number of fused-ring (bicyclic) bond motifs is 1. The highest BCUT2D eigenvalue weighted by molar-refractivity contribution is 7.91. The molecule has 3 heterocycles. The number of nitrogens with zero attached hydrogens (tertiary/aromatic N) is 4. The molecule has 0 aliphatic rings. The largest absolute Gasteiger partial charge is 0.459 e. The van der Waals surface area contributed by atoms with Crippen molar-refractivity contribution in [2.45, 2.75) is 30.1 Å². The second kappa shape index (κ2) is 8.75. The Kier molecular flexibility index (Phi) is 6.25. The smallest absolute Gasteiger partial charge is 0.290 e. The highest BCUT2D eigenvalue weighted by Gasteiger charge is 2.60. The zero-order valence-corrected chi connectivity index (χ0v) is 19.3. The van der Waals surface area contributed by atoms with Crippen molar-refractivity contribution in [3.8, 4) is 22.5 Å². The maximum atomic E-state index is 13.7. The summed E-state index contributed by atoms with van der Waals surface area (Å²) in [6.45, 7) is 1.34. The van der Waals surface area contributed by atoms with Crippen LogP contribution in [0.4, 0.5) is 35.1 Å². The van der Waals surface area contributed by atoms with Crippen LogP contribution in [0, 0.1) is 0 Å². The van der Waals surface area contributed by atoms with Gasteiger partial charge in [-0.15, -0.1) is 0 Å². The van der Waals surface area contributed by atoms with Gasteiger partial charge in [0.25, 0.3) is 0 Å². The number of benzene rings is 1.